The number of ether oxygens (including phenoxy) is 2. The van der Waals surface area contributed by atoms with Gasteiger partial charge in [0.15, 0.2) is 0 Å². The van der Waals surface area contributed by atoms with Crippen LogP contribution in [-0.4, -0.2) is 20.1 Å². The van der Waals surface area contributed by atoms with E-state index in [0.29, 0.717) is 17.9 Å². The summed E-state index contributed by atoms with van der Waals surface area (Å²) in [7, 11) is 3.23. The molecule has 0 fully saturated rings. The summed E-state index contributed by atoms with van der Waals surface area (Å²) >= 11 is 5.92. The number of hydrogen-bond acceptors (Lipinski definition) is 3. The zero-order valence-electron chi connectivity index (χ0n) is 13.5. The molecule has 23 heavy (non-hydrogen) atoms. The van der Waals surface area contributed by atoms with Crippen LogP contribution in [0, 0.1) is 6.92 Å². The molecule has 0 aliphatic carbocycles. The van der Waals surface area contributed by atoms with Gasteiger partial charge in [-0.3, -0.25) is 4.79 Å². The van der Waals surface area contributed by atoms with Crippen molar-refractivity contribution >= 4 is 23.2 Å². The molecule has 2 aromatic rings. The number of aryl methyl sites for hydroxylation is 2. The Balaban J connectivity index is 2.01. The normalized spacial score (nSPS) is 10.3. The van der Waals surface area contributed by atoms with Crippen LogP contribution < -0.4 is 14.8 Å². The molecule has 0 saturated carbocycles. The van der Waals surface area contributed by atoms with E-state index in [1.165, 1.54) is 0 Å². The lowest BCUT2D eigenvalue weighted by atomic mass is 10.1. The van der Waals surface area contributed by atoms with Crippen molar-refractivity contribution in [3.8, 4) is 11.5 Å². The minimum Gasteiger partial charge on any atom is -0.497 e. The summed E-state index contributed by atoms with van der Waals surface area (Å²) in [6, 6.07) is 11.0. The third-order valence-electron chi connectivity index (χ3n) is 3.57. The molecule has 0 radical (unpaired) electrons. The Morgan fingerprint density at radius 3 is 2.57 bits per heavy atom. The van der Waals surface area contributed by atoms with Gasteiger partial charge in [-0.25, -0.2) is 0 Å². The van der Waals surface area contributed by atoms with Crippen LogP contribution in [0.2, 0.25) is 5.02 Å². The van der Waals surface area contributed by atoms with Crippen molar-refractivity contribution in [2.45, 2.75) is 19.8 Å². The van der Waals surface area contributed by atoms with Gasteiger partial charge < -0.3 is 14.8 Å². The molecular formula is C18H20ClNO3. The fourth-order valence-electron chi connectivity index (χ4n) is 2.31. The highest BCUT2D eigenvalue weighted by atomic mass is 35.5. The summed E-state index contributed by atoms with van der Waals surface area (Å²) < 4.78 is 10.5. The maximum absolute atomic E-state index is 12.2. The Morgan fingerprint density at radius 2 is 1.91 bits per heavy atom. The molecule has 4 nitrogen and oxygen atoms in total. The van der Waals surface area contributed by atoms with Crippen LogP contribution in [0.5, 0.6) is 11.5 Å². The second kappa shape index (κ2) is 7.88. The van der Waals surface area contributed by atoms with Crippen LogP contribution in [0.15, 0.2) is 36.4 Å². The molecule has 0 bridgehead atoms. The Morgan fingerprint density at radius 1 is 1.13 bits per heavy atom. The Hall–Kier alpha value is -2.20. The van der Waals surface area contributed by atoms with E-state index in [-0.39, 0.29) is 5.91 Å². The Bertz CT molecular complexity index is 701. The first kappa shape index (κ1) is 17.2. The second-order valence-electron chi connectivity index (χ2n) is 5.19. The number of hydrogen-bond donors (Lipinski definition) is 1. The van der Waals surface area contributed by atoms with Gasteiger partial charge in [-0.1, -0.05) is 11.6 Å². The lowest BCUT2D eigenvalue weighted by molar-refractivity contribution is -0.116. The van der Waals surface area contributed by atoms with Crippen LogP contribution in [-0.2, 0) is 11.2 Å². The Labute approximate surface area is 141 Å². The number of benzene rings is 2. The summed E-state index contributed by atoms with van der Waals surface area (Å²) in [5.41, 5.74) is 2.65. The monoisotopic (exact) mass is 333 g/mol. The molecule has 0 spiro atoms. The molecule has 122 valence electrons. The predicted molar refractivity (Wildman–Crippen MR) is 92.7 cm³/mol. The van der Waals surface area contributed by atoms with Crippen molar-refractivity contribution in [1.82, 2.24) is 0 Å². The van der Waals surface area contributed by atoms with Gasteiger partial charge in [-0.15, -0.1) is 0 Å². The Kier molecular flexibility index (Phi) is 5.88. The molecule has 0 unspecified atom stereocenters. The van der Waals surface area contributed by atoms with E-state index < -0.39 is 0 Å². The van der Waals surface area contributed by atoms with E-state index in [9.17, 15) is 4.79 Å². The maximum atomic E-state index is 12.2. The third-order valence-corrected chi connectivity index (χ3v) is 3.81. The van der Waals surface area contributed by atoms with Crippen LogP contribution in [0.1, 0.15) is 17.5 Å². The number of methoxy groups -OCH3 is 2. The zero-order chi connectivity index (χ0) is 16.8. The quantitative estimate of drug-likeness (QED) is 0.860. The molecule has 0 saturated heterocycles. The van der Waals surface area contributed by atoms with E-state index in [4.69, 9.17) is 21.1 Å². The van der Waals surface area contributed by atoms with Gasteiger partial charge in [0, 0.05) is 17.1 Å². The van der Waals surface area contributed by atoms with E-state index >= 15 is 0 Å². The summed E-state index contributed by atoms with van der Waals surface area (Å²) in [5.74, 6) is 1.44. The SMILES string of the molecule is COc1ccc(OC)c(CCC(=O)Nc2ccc(Cl)cc2C)c1. The fourth-order valence-corrected chi connectivity index (χ4v) is 2.53. The van der Waals surface area contributed by atoms with Crippen molar-refractivity contribution in [3.05, 3.63) is 52.5 Å². The van der Waals surface area contributed by atoms with E-state index in [0.717, 1.165) is 28.3 Å². The molecule has 0 aliphatic rings. The van der Waals surface area contributed by atoms with E-state index in [2.05, 4.69) is 5.32 Å². The van der Waals surface area contributed by atoms with Gasteiger partial charge in [0.25, 0.3) is 0 Å². The van der Waals surface area contributed by atoms with Crippen molar-refractivity contribution in [2.75, 3.05) is 19.5 Å². The van der Waals surface area contributed by atoms with Crippen molar-refractivity contribution < 1.29 is 14.3 Å². The average Bonchev–Trinajstić information content (AvgIpc) is 2.55. The van der Waals surface area contributed by atoms with Gasteiger partial charge in [0.05, 0.1) is 14.2 Å². The summed E-state index contributed by atoms with van der Waals surface area (Å²) in [6.07, 6.45) is 0.921. The number of nitrogens with one attached hydrogen (secondary N) is 1. The van der Waals surface area contributed by atoms with Crippen LogP contribution >= 0.6 is 11.6 Å². The highest BCUT2D eigenvalue weighted by Gasteiger charge is 2.09. The first-order chi connectivity index (χ1) is 11.0. The third kappa shape index (κ3) is 4.63. The number of anilines is 1. The number of halogens is 1. The van der Waals surface area contributed by atoms with Crippen LogP contribution in [0.3, 0.4) is 0 Å². The zero-order valence-corrected chi connectivity index (χ0v) is 14.2. The largest absolute Gasteiger partial charge is 0.497 e. The molecule has 2 rings (SSSR count). The molecule has 1 amide bonds. The molecule has 5 heteroatoms. The predicted octanol–water partition coefficient (Wildman–Crippen LogP) is 4.24. The van der Waals surface area contributed by atoms with Gasteiger partial charge in [-0.05, 0) is 60.9 Å². The van der Waals surface area contributed by atoms with Crippen molar-refractivity contribution in [2.24, 2.45) is 0 Å². The fraction of sp³-hybridized carbons (Fsp3) is 0.278. The van der Waals surface area contributed by atoms with Gasteiger partial charge >= 0.3 is 0 Å². The standard InChI is InChI=1S/C18H20ClNO3/c1-12-10-14(19)5-7-16(12)20-18(21)9-4-13-11-15(22-2)6-8-17(13)23-3/h5-8,10-11H,4,9H2,1-3H3,(H,20,21). The van der Waals surface area contributed by atoms with Crippen LogP contribution in [0.25, 0.3) is 0 Å². The number of carbonyl (C=O) groups is 1. The summed E-state index contributed by atoms with van der Waals surface area (Å²) in [4.78, 5) is 12.2. The first-order valence-corrected chi connectivity index (χ1v) is 7.68. The first-order valence-electron chi connectivity index (χ1n) is 7.30. The van der Waals surface area contributed by atoms with Crippen molar-refractivity contribution in [3.63, 3.8) is 0 Å². The topological polar surface area (TPSA) is 47.6 Å². The average molecular weight is 334 g/mol. The van der Waals surface area contributed by atoms with E-state index in [1.807, 2.05) is 37.3 Å². The lowest BCUT2D eigenvalue weighted by Gasteiger charge is -2.11. The number of rotatable bonds is 6. The van der Waals surface area contributed by atoms with Gasteiger partial charge in [0.2, 0.25) is 5.91 Å². The highest BCUT2D eigenvalue weighted by Crippen LogP contribution is 2.25. The van der Waals surface area contributed by atoms with E-state index in [1.54, 1.807) is 20.3 Å². The number of amides is 1. The number of carbonyl (C=O) groups excluding carboxylic acids is 1. The summed E-state index contributed by atoms with van der Waals surface area (Å²) in [5, 5.41) is 3.56. The molecular weight excluding hydrogens is 314 g/mol. The van der Waals surface area contributed by atoms with Gasteiger partial charge in [0.1, 0.15) is 11.5 Å². The molecule has 0 aliphatic heterocycles. The minimum atomic E-state index is -0.0553. The second-order valence-corrected chi connectivity index (χ2v) is 5.62. The molecule has 0 heterocycles. The lowest BCUT2D eigenvalue weighted by Crippen LogP contribution is -2.13. The molecule has 0 aromatic heterocycles. The molecule has 2 aromatic carbocycles. The molecule has 1 N–H and O–H groups in total. The maximum Gasteiger partial charge on any atom is 0.224 e. The smallest absolute Gasteiger partial charge is 0.224 e. The van der Waals surface area contributed by atoms with Crippen LogP contribution in [0.4, 0.5) is 5.69 Å². The van der Waals surface area contributed by atoms with Gasteiger partial charge in [-0.2, -0.15) is 0 Å². The minimum absolute atomic E-state index is 0.0553. The summed E-state index contributed by atoms with van der Waals surface area (Å²) in [6.45, 7) is 1.91. The highest BCUT2D eigenvalue weighted by molar-refractivity contribution is 6.30. The van der Waals surface area contributed by atoms with Crippen molar-refractivity contribution in [1.29, 1.82) is 0 Å². The molecule has 0 atom stereocenters.